The highest BCUT2D eigenvalue weighted by Gasteiger charge is 2.24. The van der Waals surface area contributed by atoms with E-state index in [1.165, 1.54) is 11.3 Å². The molecule has 108 valence electrons. The number of aryl methyl sites for hydroxylation is 1. The number of benzene rings is 1. The lowest BCUT2D eigenvalue weighted by Crippen LogP contribution is -2.28. The molecule has 2 rings (SSSR count). The van der Waals surface area contributed by atoms with Crippen LogP contribution < -0.4 is 10.5 Å². The summed E-state index contributed by atoms with van der Waals surface area (Å²) in [5, 5.41) is 1.82. The normalized spacial score (nSPS) is 13.3. The molecule has 0 radical (unpaired) electrons. The molecule has 1 unspecified atom stereocenters. The summed E-state index contributed by atoms with van der Waals surface area (Å²) < 4.78 is 27.7. The third kappa shape index (κ3) is 3.09. The average Bonchev–Trinajstić information content (AvgIpc) is 2.81. The smallest absolute Gasteiger partial charge is 0.242 e. The molecule has 0 fully saturated rings. The van der Waals surface area contributed by atoms with Crippen LogP contribution in [0.2, 0.25) is 0 Å². The molecular formula is C14H18N2O2S2. The maximum Gasteiger partial charge on any atom is 0.242 e. The summed E-state index contributed by atoms with van der Waals surface area (Å²) in [6, 6.07) is 9.20. The van der Waals surface area contributed by atoms with Crippen molar-refractivity contribution in [1.82, 2.24) is 4.72 Å². The van der Waals surface area contributed by atoms with E-state index in [0.29, 0.717) is 9.77 Å². The molecule has 0 amide bonds. The first-order valence-corrected chi connectivity index (χ1v) is 8.66. The second-order valence-electron chi connectivity index (χ2n) is 4.63. The Morgan fingerprint density at radius 1 is 1.30 bits per heavy atom. The Hall–Kier alpha value is -1.21. The minimum Gasteiger partial charge on any atom is -0.326 e. The van der Waals surface area contributed by atoms with Crippen molar-refractivity contribution < 1.29 is 8.42 Å². The number of rotatable bonds is 5. The Kier molecular flexibility index (Phi) is 4.59. The Labute approximate surface area is 123 Å². The van der Waals surface area contributed by atoms with Crippen LogP contribution in [0.5, 0.6) is 0 Å². The second-order valence-corrected chi connectivity index (χ2v) is 7.24. The predicted molar refractivity (Wildman–Crippen MR) is 82.1 cm³/mol. The van der Waals surface area contributed by atoms with Crippen molar-refractivity contribution >= 4 is 21.4 Å². The lowest BCUT2D eigenvalue weighted by molar-refractivity contribution is 0.566. The van der Waals surface area contributed by atoms with Crippen molar-refractivity contribution in [2.45, 2.75) is 31.3 Å². The third-order valence-corrected chi connectivity index (χ3v) is 6.10. The van der Waals surface area contributed by atoms with E-state index in [1.807, 2.05) is 42.6 Å². The minimum absolute atomic E-state index is 0.231. The van der Waals surface area contributed by atoms with Gasteiger partial charge in [0.25, 0.3) is 0 Å². The van der Waals surface area contributed by atoms with E-state index < -0.39 is 10.0 Å². The first-order valence-electron chi connectivity index (χ1n) is 6.30. The summed E-state index contributed by atoms with van der Waals surface area (Å²) in [6.07, 6.45) is 0. The maximum atomic E-state index is 12.5. The van der Waals surface area contributed by atoms with Gasteiger partial charge in [-0.3, -0.25) is 0 Å². The molecule has 0 aliphatic carbocycles. The lowest BCUT2D eigenvalue weighted by atomic mass is 10.1. The minimum atomic E-state index is -3.56. The fraction of sp³-hybridized carbons (Fsp3) is 0.286. The molecule has 6 heteroatoms. The number of thiophene rings is 1. The summed E-state index contributed by atoms with van der Waals surface area (Å²) >= 11 is 1.38. The average molecular weight is 310 g/mol. The first-order chi connectivity index (χ1) is 9.45. The van der Waals surface area contributed by atoms with E-state index in [2.05, 4.69) is 4.72 Å². The SMILES string of the molecule is Cc1csc(CN)c1S(=O)(=O)NC(C)c1ccccc1. The molecule has 1 atom stereocenters. The van der Waals surface area contributed by atoms with Gasteiger partial charge >= 0.3 is 0 Å². The summed E-state index contributed by atoms with van der Waals surface area (Å²) in [7, 11) is -3.56. The molecule has 20 heavy (non-hydrogen) atoms. The fourth-order valence-corrected chi connectivity index (χ4v) is 5.02. The van der Waals surface area contributed by atoms with Gasteiger partial charge in [0, 0.05) is 17.5 Å². The van der Waals surface area contributed by atoms with Crippen LogP contribution in [-0.2, 0) is 16.6 Å². The van der Waals surface area contributed by atoms with Gasteiger partial charge in [-0.25, -0.2) is 13.1 Å². The van der Waals surface area contributed by atoms with Crippen molar-refractivity contribution in [2.75, 3.05) is 0 Å². The van der Waals surface area contributed by atoms with E-state index >= 15 is 0 Å². The summed E-state index contributed by atoms with van der Waals surface area (Å²) in [5.41, 5.74) is 7.29. The fourth-order valence-electron chi connectivity index (χ4n) is 2.09. The second kappa shape index (κ2) is 6.05. The van der Waals surface area contributed by atoms with Gasteiger partial charge in [0.15, 0.2) is 0 Å². The zero-order valence-electron chi connectivity index (χ0n) is 11.5. The summed E-state index contributed by atoms with van der Waals surface area (Å²) in [5.74, 6) is 0. The van der Waals surface area contributed by atoms with Crippen LogP contribution in [0.3, 0.4) is 0 Å². The quantitative estimate of drug-likeness (QED) is 0.891. The van der Waals surface area contributed by atoms with E-state index in [9.17, 15) is 8.42 Å². The van der Waals surface area contributed by atoms with E-state index in [0.717, 1.165) is 11.1 Å². The van der Waals surface area contributed by atoms with Gasteiger partial charge in [0.05, 0.1) is 0 Å². The molecule has 0 bridgehead atoms. The van der Waals surface area contributed by atoms with Gasteiger partial charge in [-0.1, -0.05) is 30.3 Å². The third-order valence-electron chi connectivity index (χ3n) is 3.07. The van der Waals surface area contributed by atoms with Crippen molar-refractivity contribution in [3.63, 3.8) is 0 Å². The molecule has 0 saturated heterocycles. The van der Waals surface area contributed by atoms with Crippen LogP contribution in [0.4, 0.5) is 0 Å². The Morgan fingerprint density at radius 2 is 1.95 bits per heavy atom. The van der Waals surface area contributed by atoms with E-state index in [1.54, 1.807) is 6.92 Å². The highest BCUT2D eigenvalue weighted by Crippen LogP contribution is 2.27. The summed E-state index contributed by atoms with van der Waals surface area (Å²) in [6.45, 7) is 3.85. The largest absolute Gasteiger partial charge is 0.326 e. The number of sulfonamides is 1. The monoisotopic (exact) mass is 310 g/mol. The van der Waals surface area contributed by atoms with E-state index in [4.69, 9.17) is 5.73 Å². The van der Waals surface area contributed by atoms with Crippen LogP contribution in [-0.4, -0.2) is 8.42 Å². The highest BCUT2D eigenvalue weighted by molar-refractivity contribution is 7.89. The zero-order chi connectivity index (χ0) is 14.8. The Bertz CT molecular complexity index is 678. The number of hydrogen-bond donors (Lipinski definition) is 2. The molecule has 4 nitrogen and oxygen atoms in total. The highest BCUT2D eigenvalue weighted by atomic mass is 32.2. The van der Waals surface area contributed by atoms with Gasteiger partial charge in [-0.05, 0) is 30.4 Å². The van der Waals surface area contributed by atoms with Crippen molar-refractivity contribution in [1.29, 1.82) is 0 Å². The Morgan fingerprint density at radius 3 is 2.55 bits per heavy atom. The Balaban J connectivity index is 2.30. The van der Waals surface area contributed by atoms with Crippen molar-refractivity contribution in [2.24, 2.45) is 5.73 Å². The van der Waals surface area contributed by atoms with Crippen molar-refractivity contribution in [3.8, 4) is 0 Å². The maximum absolute atomic E-state index is 12.5. The number of hydrogen-bond acceptors (Lipinski definition) is 4. The van der Waals surface area contributed by atoms with Crippen LogP contribution >= 0.6 is 11.3 Å². The van der Waals surface area contributed by atoms with Crippen LogP contribution in [0.25, 0.3) is 0 Å². The van der Waals surface area contributed by atoms with Gasteiger partial charge in [-0.2, -0.15) is 0 Å². The van der Waals surface area contributed by atoms with E-state index in [-0.39, 0.29) is 12.6 Å². The predicted octanol–water partition coefficient (Wildman–Crippen LogP) is 2.55. The molecule has 0 saturated carbocycles. The van der Waals surface area contributed by atoms with Crippen LogP contribution in [0, 0.1) is 6.92 Å². The molecule has 0 aliphatic heterocycles. The van der Waals surface area contributed by atoms with Gasteiger partial charge < -0.3 is 5.73 Å². The van der Waals surface area contributed by atoms with Gasteiger partial charge in [0.1, 0.15) is 4.90 Å². The molecular weight excluding hydrogens is 292 g/mol. The topological polar surface area (TPSA) is 72.2 Å². The summed E-state index contributed by atoms with van der Waals surface area (Å²) in [4.78, 5) is 1.02. The van der Waals surface area contributed by atoms with Gasteiger partial charge in [-0.15, -0.1) is 11.3 Å². The molecule has 1 aromatic carbocycles. The van der Waals surface area contributed by atoms with Crippen molar-refractivity contribution in [3.05, 3.63) is 51.7 Å². The molecule has 1 heterocycles. The molecule has 1 aromatic heterocycles. The van der Waals surface area contributed by atoms with Gasteiger partial charge in [0.2, 0.25) is 10.0 Å². The standard InChI is InChI=1S/C14H18N2O2S2/c1-10-9-19-13(8-15)14(10)20(17,18)16-11(2)12-6-4-3-5-7-12/h3-7,9,11,16H,8,15H2,1-2H3. The molecule has 3 N–H and O–H groups in total. The first kappa shape index (κ1) is 15.2. The van der Waals surface area contributed by atoms with Crippen LogP contribution in [0.15, 0.2) is 40.6 Å². The number of nitrogens with one attached hydrogen (secondary N) is 1. The zero-order valence-corrected chi connectivity index (χ0v) is 13.1. The molecule has 2 aromatic rings. The molecule has 0 aliphatic rings. The lowest BCUT2D eigenvalue weighted by Gasteiger charge is -2.15. The molecule has 0 spiro atoms. The number of nitrogens with two attached hydrogens (primary N) is 1. The van der Waals surface area contributed by atoms with Crippen LogP contribution in [0.1, 0.15) is 29.0 Å².